The fourth-order valence-corrected chi connectivity index (χ4v) is 0.465. The first-order valence-electron chi connectivity index (χ1n) is 2.89. The lowest BCUT2D eigenvalue weighted by Crippen LogP contribution is -2.42. The highest BCUT2D eigenvalue weighted by Crippen LogP contribution is 2.29. The molecule has 3 atom stereocenters. The molecule has 0 rings (SSSR count). The van der Waals surface area contributed by atoms with Crippen molar-refractivity contribution in [1.29, 1.82) is 0 Å². The summed E-state index contributed by atoms with van der Waals surface area (Å²) in [4.78, 5) is 9.62. The number of alkyl halides is 6. The second-order valence-corrected chi connectivity index (χ2v) is 2.13. The Kier molecular flexibility index (Phi) is 3.56. The molecule has 0 saturated heterocycles. The summed E-state index contributed by atoms with van der Waals surface area (Å²) in [6, 6.07) is 0. The Bertz CT molecular complexity index is 190. The van der Waals surface area contributed by atoms with E-state index < -0.39 is 30.7 Å². The second-order valence-electron chi connectivity index (χ2n) is 2.13. The maximum atomic E-state index is 12.1. The van der Waals surface area contributed by atoms with Crippen molar-refractivity contribution in [1.82, 2.24) is 0 Å². The Balaban J connectivity index is 4.42. The molecule has 0 bridgehead atoms. The van der Waals surface area contributed by atoms with Crippen molar-refractivity contribution in [2.75, 3.05) is 0 Å². The molecule has 0 spiro atoms. The number of aliphatic carboxylic acids is 1. The molecule has 0 amide bonds. The van der Waals surface area contributed by atoms with Gasteiger partial charge in [0.1, 0.15) is 0 Å². The van der Waals surface area contributed by atoms with Gasteiger partial charge < -0.3 is 5.11 Å². The molecule has 0 fully saturated rings. The maximum Gasteiger partial charge on any atom is 0.422 e. The number of hydrogen-bond donors (Lipinski definition) is 1. The topological polar surface area (TPSA) is 37.3 Å². The third-order valence-corrected chi connectivity index (χ3v) is 1.11. The van der Waals surface area contributed by atoms with E-state index in [-0.39, 0.29) is 0 Å². The number of carbonyl (C=O) groups is 1. The molecule has 0 aliphatic carbocycles. The molecule has 0 aromatic rings. The normalized spacial score (nSPS) is 19.2. The molecule has 0 aliphatic rings. The van der Waals surface area contributed by atoms with Crippen LogP contribution in [-0.4, -0.2) is 35.8 Å². The zero-order valence-corrected chi connectivity index (χ0v) is 5.86. The number of hydrogen-bond acceptors (Lipinski definition) is 1. The van der Waals surface area contributed by atoms with E-state index in [1.54, 1.807) is 0 Å². The number of rotatable bonds is 3. The van der Waals surface area contributed by atoms with Crippen LogP contribution in [0.25, 0.3) is 0 Å². The Morgan fingerprint density at radius 3 is 1.77 bits per heavy atom. The lowest BCUT2D eigenvalue weighted by atomic mass is 10.1. The predicted octanol–water partition coefficient (Wildman–Crippen LogP) is 1.65. The fourth-order valence-electron chi connectivity index (χ4n) is 0.465. The molecule has 0 radical (unpaired) electrons. The zero-order chi connectivity index (χ0) is 10.8. The van der Waals surface area contributed by atoms with E-state index in [0.717, 1.165) is 0 Å². The van der Waals surface area contributed by atoms with Crippen LogP contribution in [0, 0.1) is 0 Å². The van der Waals surface area contributed by atoms with Crippen LogP contribution in [0.2, 0.25) is 0 Å². The Labute approximate surface area is 68.1 Å². The summed E-state index contributed by atoms with van der Waals surface area (Å²) in [7, 11) is 0. The zero-order valence-electron chi connectivity index (χ0n) is 5.86. The molecule has 1 N–H and O–H groups in total. The van der Waals surface area contributed by atoms with Crippen LogP contribution < -0.4 is 0 Å². The summed E-state index contributed by atoms with van der Waals surface area (Å²) in [6.45, 7) is 0. The minimum atomic E-state index is -5.60. The van der Waals surface area contributed by atoms with Gasteiger partial charge in [-0.1, -0.05) is 0 Å². The first kappa shape index (κ1) is 12.0. The number of carboxylic acids is 1. The minimum Gasteiger partial charge on any atom is -0.479 e. The SMILES string of the molecule is O=C(O)C(F)C(F)C(F)C(F)(F)F. The van der Waals surface area contributed by atoms with Gasteiger partial charge in [-0.15, -0.1) is 0 Å². The lowest BCUT2D eigenvalue weighted by molar-refractivity contribution is -0.204. The molecular formula is C5H4F6O2. The standard InChI is InChI=1S/C5H4F6O2/c6-1(2(7)4(12)13)3(8)5(9,10)11/h1-3H,(H,12,13). The van der Waals surface area contributed by atoms with Gasteiger partial charge in [0, 0.05) is 0 Å². The largest absolute Gasteiger partial charge is 0.479 e. The van der Waals surface area contributed by atoms with Crippen LogP contribution in [0.1, 0.15) is 0 Å². The summed E-state index contributed by atoms with van der Waals surface area (Å²) in [5.41, 5.74) is 0. The summed E-state index contributed by atoms with van der Waals surface area (Å²) < 4.78 is 70.0. The Morgan fingerprint density at radius 1 is 1.15 bits per heavy atom. The van der Waals surface area contributed by atoms with Gasteiger partial charge in [-0.3, -0.25) is 0 Å². The van der Waals surface area contributed by atoms with Gasteiger partial charge in [0.15, 0.2) is 6.17 Å². The van der Waals surface area contributed by atoms with Gasteiger partial charge in [0.25, 0.3) is 0 Å². The predicted molar refractivity (Wildman–Crippen MR) is 28.4 cm³/mol. The Hall–Kier alpha value is -0.950. The third kappa shape index (κ3) is 3.11. The molecule has 0 heterocycles. The summed E-state index contributed by atoms with van der Waals surface area (Å²) in [5.74, 6) is -2.47. The maximum absolute atomic E-state index is 12.1. The summed E-state index contributed by atoms with van der Waals surface area (Å²) >= 11 is 0. The van der Waals surface area contributed by atoms with E-state index >= 15 is 0 Å². The van der Waals surface area contributed by atoms with Gasteiger partial charge in [0.2, 0.25) is 12.3 Å². The van der Waals surface area contributed by atoms with Gasteiger partial charge >= 0.3 is 12.1 Å². The van der Waals surface area contributed by atoms with E-state index in [4.69, 9.17) is 5.11 Å². The summed E-state index contributed by atoms with van der Waals surface area (Å²) in [5, 5.41) is 7.72. The average molecular weight is 210 g/mol. The van der Waals surface area contributed by atoms with Gasteiger partial charge in [-0.25, -0.2) is 18.0 Å². The van der Waals surface area contributed by atoms with E-state index in [2.05, 4.69) is 0 Å². The molecule has 8 heteroatoms. The highest BCUT2D eigenvalue weighted by atomic mass is 19.4. The van der Waals surface area contributed by atoms with Crippen LogP contribution >= 0.6 is 0 Å². The molecular weight excluding hydrogens is 206 g/mol. The smallest absolute Gasteiger partial charge is 0.422 e. The molecule has 0 saturated carbocycles. The van der Waals surface area contributed by atoms with Crippen LogP contribution in [0.15, 0.2) is 0 Å². The average Bonchev–Trinajstić information content (AvgIpc) is 1.98. The van der Waals surface area contributed by atoms with Crippen molar-refractivity contribution in [3.05, 3.63) is 0 Å². The van der Waals surface area contributed by atoms with Crippen LogP contribution in [0.5, 0.6) is 0 Å². The van der Waals surface area contributed by atoms with Crippen molar-refractivity contribution in [2.45, 2.75) is 24.7 Å². The van der Waals surface area contributed by atoms with E-state index in [9.17, 15) is 31.1 Å². The fraction of sp³-hybridized carbons (Fsp3) is 0.800. The first-order valence-corrected chi connectivity index (χ1v) is 2.89. The van der Waals surface area contributed by atoms with Crippen LogP contribution in [0.4, 0.5) is 26.3 Å². The monoisotopic (exact) mass is 210 g/mol. The second kappa shape index (κ2) is 3.84. The Morgan fingerprint density at radius 2 is 1.54 bits per heavy atom. The molecule has 0 aromatic heterocycles. The van der Waals surface area contributed by atoms with Crippen LogP contribution in [-0.2, 0) is 4.79 Å². The molecule has 13 heavy (non-hydrogen) atoms. The van der Waals surface area contributed by atoms with Crippen molar-refractivity contribution in [3.63, 3.8) is 0 Å². The molecule has 3 unspecified atom stereocenters. The number of halogens is 6. The quantitative estimate of drug-likeness (QED) is 0.719. The highest BCUT2D eigenvalue weighted by Gasteiger charge is 2.50. The van der Waals surface area contributed by atoms with Crippen molar-refractivity contribution >= 4 is 5.97 Å². The molecule has 0 aromatic carbocycles. The first-order chi connectivity index (χ1) is 5.68. The van der Waals surface area contributed by atoms with E-state index in [0.29, 0.717) is 0 Å². The molecule has 78 valence electrons. The highest BCUT2D eigenvalue weighted by molar-refractivity contribution is 5.73. The third-order valence-electron chi connectivity index (χ3n) is 1.11. The van der Waals surface area contributed by atoms with Gasteiger partial charge in [-0.2, -0.15) is 13.2 Å². The van der Waals surface area contributed by atoms with Crippen LogP contribution in [0.3, 0.4) is 0 Å². The van der Waals surface area contributed by atoms with Crippen molar-refractivity contribution in [3.8, 4) is 0 Å². The summed E-state index contributed by atoms with van der Waals surface area (Å²) in [6.07, 6.45) is -17.0. The number of carboxylic acid groups (broad SMARTS) is 1. The van der Waals surface area contributed by atoms with E-state index in [1.807, 2.05) is 0 Å². The molecule has 0 aliphatic heterocycles. The van der Waals surface area contributed by atoms with E-state index in [1.165, 1.54) is 0 Å². The van der Waals surface area contributed by atoms with Gasteiger partial charge in [-0.05, 0) is 0 Å². The van der Waals surface area contributed by atoms with Crippen molar-refractivity contribution in [2.24, 2.45) is 0 Å². The van der Waals surface area contributed by atoms with Gasteiger partial charge in [0.05, 0.1) is 0 Å². The minimum absolute atomic E-state index is 2.47. The lowest BCUT2D eigenvalue weighted by Gasteiger charge is -2.16. The molecule has 2 nitrogen and oxygen atoms in total. The van der Waals surface area contributed by atoms with Crippen molar-refractivity contribution < 1.29 is 36.2 Å².